The van der Waals surface area contributed by atoms with Crippen molar-refractivity contribution < 1.29 is 18.0 Å². The molecule has 0 bridgehead atoms. The van der Waals surface area contributed by atoms with Gasteiger partial charge in [0, 0.05) is 19.5 Å². The first-order chi connectivity index (χ1) is 13.3. The molecule has 8 heteroatoms. The van der Waals surface area contributed by atoms with Gasteiger partial charge in [0.2, 0.25) is 15.9 Å². The predicted molar refractivity (Wildman–Crippen MR) is 109 cm³/mol. The summed E-state index contributed by atoms with van der Waals surface area (Å²) in [4.78, 5) is 24.5. The Morgan fingerprint density at radius 1 is 0.964 bits per heavy atom. The number of sulfonamides is 1. The van der Waals surface area contributed by atoms with Crippen LogP contribution in [0.2, 0.25) is 0 Å². The van der Waals surface area contributed by atoms with Crippen molar-refractivity contribution in [2.45, 2.75) is 31.6 Å². The second-order valence-electron chi connectivity index (χ2n) is 6.31. The van der Waals surface area contributed by atoms with Crippen LogP contribution in [-0.4, -0.2) is 33.3 Å². The average Bonchev–Trinajstić information content (AvgIpc) is 2.66. The summed E-state index contributed by atoms with van der Waals surface area (Å²) >= 11 is 0. The van der Waals surface area contributed by atoms with E-state index in [9.17, 15) is 18.0 Å². The molecule has 2 aromatic carbocycles. The Balaban J connectivity index is 1.93. The first-order valence-electron chi connectivity index (χ1n) is 9.07. The molecule has 2 amide bonds. The number of carbonyl (C=O) groups is 2. The highest BCUT2D eigenvalue weighted by Gasteiger charge is 2.15. The summed E-state index contributed by atoms with van der Waals surface area (Å²) < 4.78 is 26.9. The summed E-state index contributed by atoms with van der Waals surface area (Å²) in [6.45, 7) is 4.31. The standard InChI is InChI=1S/C20H25N3O4S/c1-3-13-21-20(25)17-6-4-5-7-18(17)23-19(24)12-14-22-28(26,27)16-10-8-15(2)9-11-16/h4-11,22H,3,12-14H2,1-2H3,(H,21,25)(H,23,24). The number of para-hydroxylation sites is 1. The molecule has 0 aliphatic heterocycles. The second kappa shape index (κ2) is 10.0. The maximum atomic E-state index is 12.2. The molecule has 2 aromatic rings. The van der Waals surface area contributed by atoms with Gasteiger partial charge >= 0.3 is 0 Å². The molecule has 0 heterocycles. The van der Waals surface area contributed by atoms with Crippen molar-refractivity contribution in [3.63, 3.8) is 0 Å². The van der Waals surface area contributed by atoms with Crippen LogP contribution in [0.15, 0.2) is 53.4 Å². The molecule has 2 rings (SSSR count). The number of nitrogens with one attached hydrogen (secondary N) is 3. The summed E-state index contributed by atoms with van der Waals surface area (Å²) in [5, 5.41) is 5.43. The normalized spacial score (nSPS) is 11.1. The van der Waals surface area contributed by atoms with Crippen LogP contribution in [0, 0.1) is 6.92 Å². The molecule has 7 nitrogen and oxygen atoms in total. The highest BCUT2D eigenvalue weighted by Crippen LogP contribution is 2.15. The number of carbonyl (C=O) groups excluding carboxylic acids is 2. The molecule has 0 saturated heterocycles. The topological polar surface area (TPSA) is 104 Å². The second-order valence-corrected chi connectivity index (χ2v) is 8.08. The van der Waals surface area contributed by atoms with Gasteiger partial charge in [-0.3, -0.25) is 9.59 Å². The van der Waals surface area contributed by atoms with Crippen molar-refractivity contribution >= 4 is 27.5 Å². The quantitative estimate of drug-likeness (QED) is 0.598. The molecule has 0 saturated carbocycles. The molecular weight excluding hydrogens is 378 g/mol. The Kier molecular flexibility index (Phi) is 7.71. The van der Waals surface area contributed by atoms with E-state index in [0.29, 0.717) is 17.8 Å². The number of amides is 2. The fraction of sp³-hybridized carbons (Fsp3) is 0.300. The fourth-order valence-electron chi connectivity index (χ4n) is 2.44. The zero-order chi connectivity index (χ0) is 20.6. The lowest BCUT2D eigenvalue weighted by atomic mass is 10.1. The molecule has 0 aliphatic rings. The van der Waals surface area contributed by atoms with Crippen LogP contribution in [0.4, 0.5) is 5.69 Å². The average molecular weight is 404 g/mol. The SMILES string of the molecule is CCCNC(=O)c1ccccc1NC(=O)CCNS(=O)(=O)c1ccc(C)cc1. The molecular formula is C20H25N3O4S. The van der Waals surface area contributed by atoms with Crippen molar-refractivity contribution in [1.82, 2.24) is 10.0 Å². The molecule has 0 unspecified atom stereocenters. The first kappa shape index (κ1) is 21.6. The third-order valence-corrected chi connectivity index (χ3v) is 5.43. The summed E-state index contributed by atoms with van der Waals surface area (Å²) in [5.74, 6) is -0.653. The molecule has 28 heavy (non-hydrogen) atoms. The number of rotatable bonds is 9. The van der Waals surface area contributed by atoms with E-state index < -0.39 is 10.0 Å². The zero-order valence-electron chi connectivity index (χ0n) is 16.0. The number of hydrogen-bond donors (Lipinski definition) is 3. The van der Waals surface area contributed by atoms with E-state index in [4.69, 9.17) is 0 Å². The van der Waals surface area contributed by atoms with E-state index >= 15 is 0 Å². The van der Waals surface area contributed by atoms with Crippen LogP contribution < -0.4 is 15.4 Å². The van der Waals surface area contributed by atoms with Crippen LogP contribution in [-0.2, 0) is 14.8 Å². The van der Waals surface area contributed by atoms with Gasteiger partial charge in [-0.05, 0) is 37.6 Å². The van der Waals surface area contributed by atoms with Crippen molar-refractivity contribution in [2.24, 2.45) is 0 Å². The van der Waals surface area contributed by atoms with Crippen molar-refractivity contribution in [3.8, 4) is 0 Å². The van der Waals surface area contributed by atoms with E-state index in [1.165, 1.54) is 12.1 Å². The van der Waals surface area contributed by atoms with Crippen LogP contribution in [0.3, 0.4) is 0 Å². The van der Waals surface area contributed by atoms with E-state index in [2.05, 4.69) is 15.4 Å². The third kappa shape index (κ3) is 6.17. The number of hydrogen-bond acceptors (Lipinski definition) is 4. The zero-order valence-corrected chi connectivity index (χ0v) is 16.8. The maximum Gasteiger partial charge on any atom is 0.253 e. The molecule has 0 radical (unpaired) electrons. The van der Waals surface area contributed by atoms with E-state index in [1.807, 2.05) is 13.8 Å². The van der Waals surface area contributed by atoms with Gasteiger partial charge in [-0.2, -0.15) is 0 Å². The molecule has 0 atom stereocenters. The van der Waals surface area contributed by atoms with Gasteiger partial charge in [-0.15, -0.1) is 0 Å². The summed E-state index contributed by atoms with van der Waals surface area (Å²) in [6, 6.07) is 13.1. The summed E-state index contributed by atoms with van der Waals surface area (Å²) in [6.07, 6.45) is 0.747. The lowest BCUT2D eigenvalue weighted by Crippen LogP contribution is -2.29. The van der Waals surface area contributed by atoms with Crippen LogP contribution in [0.5, 0.6) is 0 Å². The number of anilines is 1. The minimum absolute atomic E-state index is 0.0494. The Bertz CT molecular complexity index is 925. The van der Waals surface area contributed by atoms with E-state index in [0.717, 1.165) is 12.0 Å². The van der Waals surface area contributed by atoms with Gasteiger partial charge in [0.1, 0.15) is 0 Å². The van der Waals surface area contributed by atoms with Gasteiger partial charge in [0.15, 0.2) is 0 Å². The molecule has 150 valence electrons. The van der Waals surface area contributed by atoms with Gasteiger partial charge in [0.05, 0.1) is 16.1 Å². The Labute approximate surface area is 165 Å². The predicted octanol–water partition coefficient (Wildman–Crippen LogP) is 2.44. The van der Waals surface area contributed by atoms with Crippen LogP contribution in [0.1, 0.15) is 35.7 Å². The Hall–Kier alpha value is -2.71. The largest absolute Gasteiger partial charge is 0.352 e. The Morgan fingerprint density at radius 2 is 1.64 bits per heavy atom. The minimum atomic E-state index is -3.67. The molecule has 3 N–H and O–H groups in total. The minimum Gasteiger partial charge on any atom is -0.352 e. The third-order valence-electron chi connectivity index (χ3n) is 3.96. The number of benzene rings is 2. The van der Waals surface area contributed by atoms with Crippen LogP contribution >= 0.6 is 0 Å². The van der Waals surface area contributed by atoms with Crippen molar-refractivity contribution in [2.75, 3.05) is 18.4 Å². The first-order valence-corrected chi connectivity index (χ1v) is 10.5. The number of aryl methyl sites for hydroxylation is 1. The van der Waals surface area contributed by atoms with Gasteiger partial charge < -0.3 is 10.6 Å². The summed E-state index contributed by atoms with van der Waals surface area (Å²) in [5.41, 5.74) is 1.71. The van der Waals surface area contributed by atoms with Crippen molar-refractivity contribution in [1.29, 1.82) is 0 Å². The van der Waals surface area contributed by atoms with Gasteiger partial charge in [0.25, 0.3) is 5.91 Å². The molecule has 0 aliphatic carbocycles. The molecule has 0 spiro atoms. The fourth-order valence-corrected chi connectivity index (χ4v) is 3.47. The lowest BCUT2D eigenvalue weighted by molar-refractivity contribution is -0.116. The smallest absolute Gasteiger partial charge is 0.253 e. The molecule has 0 fully saturated rings. The molecule has 0 aromatic heterocycles. The van der Waals surface area contributed by atoms with Crippen LogP contribution in [0.25, 0.3) is 0 Å². The van der Waals surface area contributed by atoms with Gasteiger partial charge in [-0.25, -0.2) is 13.1 Å². The highest BCUT2D eigenvalue weighted by molar-refractivity contribution is 7.89. The van der Waals surface area contributed by atoms with Gasteiger partial charge in [-0.1, -0.05) is 36.8 Å². The van der Waals surface area contributed by atoms with E-state index in [1.54, 1.807) is 36.4 Å². The summed E-state index contributed by atoms with van der Waals surface area (Å²) in [7, 11) is -3.67. The Morgan fingerprint density at radius 3 is 2.32 bits per heavy atom. The highest BCUT2D eigenvalue weighted by atomic mass is 32.2. The lowest BCUT2D eigenvalue weighted by Gasteiger charge is -2.11. The van der Waals surface area contributed by atoms with Crippen molar-refractivity contribution in [3.05, 3.63) is 59.7 Å². The van der Waals surface area contributed by atoms with E-state index in [-0.39, 0.29) is 29.7 Å². The monoisotopic (exact) mass is 403 g/mol. The maximum absolute atomic E-state index is 12.2.